The third-order valence-corrected chi connectivity index (χ3v) is 6.71. The number of hydrogen-bond donors (Lipinski definition) is 1. The number of Topliss-reactive ketones (excluding diaryl/α,β-unsaturated/α-hetero) is 1. The second-order valence-electron chi connectivity index (χ2n) is 9.15. The number of carbonyl (C=O) groups excluding carboxylic acids is 2. The van der Waals surface area contributed by atoms with Gasteiger partial charge in [0.2, 0.25) is 0 Å². The van der Waals surface area contributed by atoms with Crippen molar-refractivity contribution >= 4 is 28.2 Å². The van der Waals surface area contributed by atoms with E-state index in [-0.39, 0.29) is 17.9 Å². The molecule has 188 valence electrons. The Morgan fingerprint density at radius 2 is 1.73 bits per heavy atom. The van der Waals surface area contributed by atoms with Gasteiger partial charge in [0.25, 0.3) is 11.7 Å². The maximum Gasteiger partial charge on any atom is 0.296 e. The molecule has 0 aliphatic carbocycles. The summed E-state index contributed by atoms with van der Waals surface area (Å²) in [5, 5.41) is 13.3. The number of ether oxygens (including phenoxy) is 1. The quantitative estimate of drug-likeness (QED) is 0.122. The fourth-order valence-corrected chi connectivity index (χ4v) is 4.83. The molecule has 1 aliphatic heterocycles. The molecule has 5 rings (SSSR count). The summed E-state index contributed by atoms with van der Waals surface area (Å²) in [7, 11) is 0. The van der Waals surface area contributed by atoms with Gasteiger partial charge in [-0.05, 0) is 59.2 Å². The van der Waals surface area contributed by atoms with E-state index >= 15 is 0 Å². The normalized spacial score (nSPS) is 17.0. The molecule has 3 aromatic carbocycles. The SMILES string of the molecule is CCCCCOc1ccc(/C(O)=C2/C(=O)C(=O)N(Cc3ccco3)C2c2cccc3ccccc23)cc1. The number of furan rings is 1. The van der Waals surface area contributed by atoms with Gasteiger partial charge in [-0.1, -0.05) is 62.2 Å². The van der Waals surface area contributed by atoms with Crippen LogP contribution in [0.15, 0.2) is 95.1 Å². The highest BCUT2D eigenvalue weighted by Gasteiger charge is 2.46. The first-order chi connectivity index (χ1) is 18.1. The zero-order valence-electron chi connectivity index (χ0n) is 20.7. The molecule has 4 aromatic rings. The van der Waals surface area contributed by atoms with E-state index in [0.717, 1.165) is 35.6 Å². The molecule has 37 heavy (non-hydrogen) atoms. The maximum absolute atomic E-state index is 13.4. The minimum Gasteiger partial charge on any atom is -0.507 e. The van der Waals surface area contributed by atoms with E-state index in [9.17, 15) is 14.7 Å². The van der Waals surface area contributed by atoms with Crippen LogP contribution in [0.25, 0.3) is 16.5 Å². The van der Waals surface area contributed by atoms with Crippen LogP contribution in [0.1, 0.15) is 49.1 Å². The molecule has 2 heterocycles. The van der Waals surface area contributed by atoms with Crippen LogP contribution in [-0.4, -0.2) is 28.3 Å². The largest absolute Gasteiger partial charge is 0.507 e. The number of unbranched alkanes of at least 4 members (excludes halogenated alkanes) is 2. The maximum atomic E-state index is 13.4. The summed E-state index contributed by atoms with van der Waals surface area (Å²) in [6.45, 7) is 2.87. The van der Waals surface area contributed by atoms with Crippen LogP contribution in [-0.2, 0) is 16.1 Å². The topological polar surface area (TPSA) is 80.0 Å². The fourth-order valence-electron chi connectivity index (χ4n) is 4.83. The third-order valence-electron chi connectivity index (χ3n) is 6.71. The first-order valence-corrected chi connectivity index (χ1v) is 12.6. The second-order valence-corrected chi connectivity index (χ2v) is 9.15. The molecule has 6 heteroatoms. The van der Waals surface area contributed by atoms with Gasteiger partial charge in [0.15, 0.2) is 0 Å². The van der Waals surface area contributed by atoms with E-state index < -0.39 is 17.7 Å². The highest BCUT2D eigenvalue weighted by Crippen LogP contribution is 2.42. The van der Waals surface area contributed by atoms with Crippen molar-refractivity contribution in [2.75, 3.05) is 6.61 Å². The van der Waals surface area contributed by atoms with Crippen LogP contribution in [0.3, 0.4) is 0 Å². The summed E-state index contributed by atoms with van der Waals surface area (Å²) in [6, 6.07) is 23.3. The summed E-state index contributed by atoms with van der Waals surface area (Å²) in [5.74, 6) is -0.363. The molecule has 1 saturated heterocycles. The average Bonchev–Trinajstić information content (AvgIpc) is 3.53. The smallest absolute Gasteiger partial charge is 0.296 e. The van der Waals surface area contributed by atoms with Crippen molar-refractivity contribution in [2.24, 2.45) is 0 Å². The molecule has 0 bridgehead atoms. The van der Waals surface area contributed by atoms with Crippen molar-refractivity contribution < 1.29 is 23.8 Å². The number of aliphatic hydroxyl groups is 1. The number of benzene rings is 3. The molecule has 0 radical (unpaired) electrons. The van der Waals surface area contributed by atoms with Gasteiger partial charge < -0.3 is 19.2 Å². The highest BCUT2D eigenvalue weighted by molar-refractivity contribution is 6.46. The molecule has 1 atom stereocenters. The van der Waals surface area contributed by atoms with Crippen molar-refractivity contribution in [2.45, 2.75) is 38.8 Å². The van der Waals surface area contributed by atoms with Gasteiger partial charge in [0, 0.05) is 5.56 Å². The molecular formula is C31H29NO5. The number of fused-ring (bicyclic) bond motifs is 1. The predicted octanol–water partition coefficient (Wildman–Crippen LogP) is 6.62. The lowest BCUT2D eigenvalue weighted by atomic mass is 9.91. The minimum absolute atomic E-state index is 0.0597. The Labute approximate surface area is 215 Å². The van der Waals surface area contributed by atoms with Gasteiger partial charge in [-0.25, -0.2) is 0 Å². The van der Waals surface area contributed by atoms with E-state index in [4.69, 9.17) is 9.15 Å². The predicted molar refractivity (Wildman–Crippen MR) is 142 cm³/mol. The van der Waals surface area contributed by atoms with Gasteiger partial charge in [0.05, 0.1) is 31.0 Å². The monoisotopic (exact) mass is 495 g/mol. The van der Waals surface area contributed by atoms with Gasteiger partial charge in [-0.15, -0.1) is 0 Å². The van der Waals surface area contributed by atoms with Gasteiger partial charge >= 0.3 is 0 Å². The Morgan fingerprint density at radius 3 is 2.49 bits per heavy atom. The van der Waals surface area contributed by atoms with Crippen LogP contribution >= 0.6 is 0 Å². The van der Waals surface area contributed by atoms with Crippen LogP contribution in [0.2, 0.25) is 0 Å². The van der Waals surface area contributed by atoms with Crippen molar-refractivity contribution in [3.05, 3.63) is 108 Å². The molecule has 0 spiro atoms. The molecule has 1 N–H and O–H groups in total. The van der Waals surface area contributed by atoms with E-state index in [0.29, 0.717) is 23.7 Å². The van der Waals surface area contributed by atoms with E-state index in [1.807, 2.05) is 42.5 Å². The van der Waals surface area contributed by atoms with Crippen molar-refractivity contribution in [1.82, 2.24) is 4.90 Å². The van der Waals surface area contributed by atoms with E-state index in [1.165, 1.54) is 11.2 Å². The zero-order chi connectivity index (χ0) is 25.8. The van der Waals surface area contributed by atoms with Crippen molar-refractivity contribution in [3.8, 4) is 5.75 Å². The van der Waals surface area contributed by atoms with Crippen molar-refractivity contribution in [1.29, 1.82) is 0 Å². The highest BCUT2D eigenvalue weighted by atomic mass is 16.5. The summed E-state index contributed by atoms with van der Waals surface area (Å²) in [4.78, 5) is 28.1. The van der Waals surface area contributed by atoms with Gasteiger partial charge in [0.1, 0.15) is 17.3 Å². The Balaban J connectivity index is 1.57. The first-order valence-electron chi connectivity index (χ1n) is 12.6. The molecule has 1 fully saturated rings. The van der Waals surface area contributed by atoms with Crippen LogP contribution in [0.5, 0.6) is 5.75 Å². The lowest BCUT2D eigenvalue weighted by molar-refractivity contribution is -0.140. The number of aliphatic hydroxyl groups excluding tert-OH is 1. The summed E-state index contributed by atoms with van der Waals surface area (Å²) < 4.78 is 11.3. The summed E-state index contributed by atoms with van der Waals surface area (Å²) in [6.07, 6.45) is 4.73. The lowest BCUT2D eigenvalue weighted by Gasteiger charge is -2.25. The molecular weight excluding hydrogens is 466 g/mol. The Bertz CT molecular complexity index is 1430. The molecule has 0 saturated carbocycles. The Kier molecular flexibility index (Phi) is 7.08. The minimum atomic E-state index is -0.777. The third kappa shape index (κ3) is 4.87. The number of nitrogens with zero attached hydrogens (tertiary/aromatic N) is 1. The number of hydrogen-bond acceptors (Lipinski definition) is 5. The van der Waals surface area contributed by atoms with Crippen LogP contribution < -0.4 is 4.74 Å². The standard InChI is InChI=1S/C31H29NO5/c1-2-3-6-18-36-23-16-14-22(15-17-23)29(33)27-28(26-13-7-10-21-9-4-5-12-25(21)26)32(31(35)30(27)34)20-24-11-8-19-37-24/h4-5,7-17,19,28,33H,2-3,6,18,20H2,1H3/b29-27-. The number of carbonyl (C=O) groups is 2. The first kappa shape index (κ1) is 24.4. The van der Waals surface area contributed by atoms with Gasteiger partial charge in [-0.2, -0.15) is 0 Å². The van der Waals surface area contributed by atoms with Gasteiger partial charge in [-0.3, -0.25) is 9.59 Å². The number of likely N-dealkylation sites (tertiary alicyclic amines) is 1. The van der Waals surface area contributed by atoms with Crippen LogP contribution in [0.4, 0.5) is 0 Å². The molecule has 1 aliphatic rings. The molecule has 1 aromatic heterocycles. The second kappa shape index (κ2) is 10.7. The van der Waals surface area contributed by atoms with E-state index in [1.54, 1.807) is 36.4 Å². The number of amides is 1. The molecule has 6 nitrogen and oxygen atoms in total. The molecule has 1 unspecified atom stereocenters. The molecule has 1 amide bonds. The van der Waals surface area contributed by atoms with E-state index in [2.05, 4.69) is 6.92 Å². The fraction of sp³-hybridized carbons (Fsp3) is 0.226. The summed E-state index contributed by atoms with van der Waals surface area (Å²) >= 11 is 0. The lowest BCUT2D eigenvalue weighted by Crippen LogP contribution is -2.29. The van der Waals surface area contributed by atoms with Crippen molar-refractivity contribution in [3.63, 3.8) is 0 Å². The zero-order valence-corrected chi connectivity index (χ0v) is 20.7. The summed E-state index contributed by atoms with van der Waals surface area (Å²) in [5.41, 5.74) is 1.27. The Morgan fingerprint density at radius 1 is 0.946 bits per heavy atom. The number of rotatable bonds is 9. The average molecular weight is 496 g/mol. The number of ketones is 1. The van der Waals surface area contributed by atoms with Crippen LogP contribution in [0, 0.1) is 0 Å². The Hall–Kier alpha value is -4.32.